The summed E-state index contributed by atoms with van der Waals surface area (Å²) in [6.45, 7) is 0. The number of halogens is 4. The van der Waals surface area contributed by atoms with E-state index in [4.69, 9.17) is 39.2 Å². The molecule has 84 valence electrons. The van der Waals surface area contributed by atoms with E-state index in [2.05, 4.69) is 26.1 Å². The molecule has 0 spiro atoms. The van der Waals surface area contributed by atoms with Gasteiger partial charge in [-0.05, 0) is 24.3 Å². The summed E-state index contributed by atoms with van der Waals surface area (Å²) in [5.41, 5.74) is 0.760. The number of hydrogen-bond acceptors (Lipinski definition) is 3. The van der Waals surface area contributed by atoms with E-state index in [0.29, 0.717) is 5.89 Å². The summed E-state index contributed by atoms with van der Waals surface area (Å²) in [5.74, 6) is 0.268. The third-order valence-corrected chi connectivity index (χ3v) is 2.77. The quantitative estimate of drug-likeness (QED) is 0.724. The van der Waals surface area contributed by atoms with Crippen LogP contribution in [-0.2, 0) is 3.79 Å². The van der Waals surface area contributed by atoms with Gasteiger partial charge in [-0.15, -0.1) is 10.2 Å². The van der Waals surface area contributed by atoms with Crippen LogP contribution in [0.4, 0.5) is 0 Å². The lowest BCUT2D eigenvalue weighted by molar-refractivity contribution is 0.514. The van der Waals surface area contributed by atoms with Gasteiger partial charge in [0.15, 0.2) is 0 Å². The van der Waals surface area contributed by atoms with Crippen molar-refractivity contribution < 1.29 is 4.42 Å². The van der Waals surface area contributed by atoms with Crippen LogP contribution in [0.2, 0.25) is 0 Å². The van der Waals surface area contributed by atoms with Gasteiger partial charge in [0.1, 0.15) is 0 Å². The van der Waals surface area contributed by atoms with Gasteiger partial charge in [-0.1, -0.05) is 50.7 Å². The zero-order valence-corrected chi connectivity index (χ0v) is 11.5. The average molecular weight is 342 g/mol. The number of rotatable bonds is 1. The summed E-state index contributed by atoms with van der Waals surface area (Å²) in [5, 5.41) is 7.46. The summed E-state index contributed by atoms with van der Waals surface area (Å²) < 4.78 is 4.50. The highest BCUT2D eigenvalue weighted by Gasteiger charge is 2.30. The van der Waals surface area contributed by atoms with Crippen LogP contribution >= 0.6 is 50.7 Å². The second-order valence-electron chi connectivity index (χ2n) is 2.92. The highest BCUT2D eigenvalue weighted by atomic mass is 79.9. The molecule has 0 fully saturated rings. The minimum atomic E-state index is -1.69. The molecule has 0 atom stereocenters. The van der Waals surface area contributed by atoms with E-state index in [1.807, 2.05) is 24.3 Å². The Morgan fingerprint density at radius 2 is 1.69 bits per heavy atom. The molecule has 0 aliphatic rings. The summed E-state index contributed by atoms with van der Waals surface area (Å²) in [6.07, 6.45) is 0. The summed E-state index contributed by atoms with van der Waals surface area (Å²) >= 11 is 20.2. The van der Waals surface area contributed by atoms with Gasteiger partial charge < -0.3 is 4.42 Å². The first-order chi connectivity index (χ1) is 7.47. The second kappa shape index (κ2) is 4.53. The molecule has 0 aliphatic heterocycles. The predicted molar refractivity (Wildman–Crippen MR) is 66.7 cm³/mol. The highest BCUT2D eigenvalue weighted by molar-refractivity contribution is 9.10. The summed E-state index contributed by atoms with van der Waals surface area (Å²) in [7, 11) is 0. The fourth-order valence-corrected chi connectivity index (χ4v) is 1.54. The Balaban J connectivity index is 2.35. The molecule has 0 N–H and O–H groups in total. The first kappa shape index (κ1) is 12.2. The Labute approximate surface area is 115 Å². The zero-order valence-electron chi connectivity index (χ0n) is 7.62. The maximum atomic E-state index is 5.61. The molecule has 1 heterocycles. The van der Waals surface area contributed by atoms with Crippen molar-refractivity contribution in [3.8, 4) is 11.5 Å². The second-order valence-corrected chi connectivity index (χ2v) is 6.11. The molecule has 16 heavy (non-hydrogen) atoms. The highest BCUT2D eigenvalue weighted by Crippen LogP contribution is 2.38. The van der Waals surface area contributed by atoms with Crippen LogP contribution in [0.15, 0.2) is 33.2 Å². The van der Waals surface area contributed by atoms with Crippen LogP contribution in [0.25, 0.3) is 11.5 Å². The number of aromatic nitrogens is 2. The third-order valence-electron chi connectivity index (χ3n) is 1.76. The number of benzene rings is 1. The van der Waals surface area contributed by atoms with E-state index in [0.717, 1.165) is 10.0 Å². The zero-order chi connectivity index (χ0) is 11.8. The molecule has 2 rings (SSSR count). The summed E-state index contributed by atoms with van der Waals surface area (Å²) in [6, 6.07) is 7.35. The van der Waals surface area contributed by atoms with Gasteiger partial charge in [0.05, 0.1) is 0 Å². The number of alkyl halides is 3. The van der Waals surface area contributed by atoms with Gasteiger partial charge in [0, 0.05) is 10.0 Å². The third kappa shape index (κ3) is 2.69. The lowest BCUT2D eigenvalue weighted by Crippen LogP contribution is -1.99. The minimum Gasteiger partial charge on any atom is -0.416 e. The van der Waals surface area contributed by atoms with Crippen LogP contribution < -0.4 is 0 Å². The van der Waals surface area contributed by atoms with Gasteiger partial charge in [0.2, 0.25) is 5.89 Å². The monoisotopic (exact) mass is 340 g/mol. The van der Waals surface area contributed by atoms with Crippen LogP contribution in [-0.4, -0.2) is 10.2 Å². The maximum Gasteiger partial charge on any atom is 0.268 e. The van der Waals surface area contributed by atoms with E-state index in [-0.39, 0.29) is 5.89 Å². The largest absolute Gasteiger partial charge is 0.416 e. The lowest BCUT2D eigenvalue weighted by atomic mass is 10.2. The molecule has 1 aromatic heterocycles. The Hall–Kier alpha value is -0.290. The van der Waals surface area contributed by atoms with E-state index in [1.54, 1.807) is 0 Å². The van der Waals surface area contributed by atoms with Gasteiger partial charge in [0.25, 0.3) is 9.68 Å². The maximum absolute atomic E-state index is 5.61. The fraction of sp³-hybridized carbons (Fsp3) is 0.111. The minimum absolute atomic E-state index is 0.0459. The molecular formula is C9H4BrCl3N2O. The normalized spacial score (nSPS) is 11.8. The molecular weight excluding hydrogens is 338 g/mol. The molecule has 3 nitrogen and oxygen atoms in total. The van der Waals surface area contributed by atoms with Crippen molar-refractivity contribution >= 4 is 50.7 Å². The van der Waals surface area contributed by atoms with Crippen LogP contribution in [0.3, 0.4) is 0 Å². The van der Waals surface area contributed by atoms with Crippen molar-refractivity contribution in [3.05, 3.63) is 34.6 Å². The SMILES string of the molecule is ClC(Cl)(Cl)c1nnc(-c2ccc(Br)cc2)o1. The van der Waals surface area contributed by atoms with Gasteiger partial charge in [-0.25, -0.2) is 0 Å². The average Bonchev–Trinajstić information content (AvgIpc) is 2.67. The van der Waals surface area contributed by atoms with Crippen molar-refractivity contribution in [1.82, 2.24) is 10.2 Å². The molecule has 7 heteroatoms. The van der Waals surface area contributed by atoms with Crippen molar-refractivity contribution in [3.63, 3.8) is 0 Å². The molecule has 0 amide bonds. The standard InChI is InChI=1S/C9H4BrCl3N2O/c10-6-3-1-5(2-4-6)7-14-15-8(16-7)9(11,12)13/h1-4H. The molecule has 0 radical (unpaired) electrons. The van der Waals surface area contributed by atoms with Crippen LogP contribution in [0.1, 0.15) is 5.89 Å². The van der Waals surface area contributed by atoms with Crippen molar-refractivity contribution in [2.45, 2.75) is 3.79 Å². The molecule has 1 aromatic carbocycles. The van der Waals surface area contributed by atoms with E-state index in [1.165, 1.54) is 0 Å². The molecule has 2 aromatic rings. The number of nitrogens with zero attached hydrogens (tertiary/aromatic N) is 2. The van der Waals surface area contributed by atoms with Crippen molar-refractivity contribution in [1.29, 1.82) is 0 Å². The van der Waals surface area contributed by atoms with Gasteiger partial charge >= 0.3 is 0 Å². The first-order valence-electron chi connectivity index (χ1n) is 4.13. The van der Waals surface area contributed by atoms with Crippen molar-refractivity contribution in [2.24, 2.45) is 0 Å². The molecule has 0 saturated carbocycles. The Bertz CT molecular complexity index is 492. The molecule has 0 saturated heterocycles. The predicted octanol–water partition coefficient (Wildman–Crippen LogP) is 4.33. The Kier molecular flexibility index (Phi) is 3.45. The smallest absolute Gasteiger partial charge is 0.268 e. The first-order valence-corrected chi connectivity index (χ1v) is 6.06. The van der Waals surface area contributed by atoms with E-state index in [9.17, 15) is 0 Å². The topological polar surface area (TPSA) is 38.9 Å². The molecule has 0 aliphatic carbocycles. The van der Waals surface area contributed by atoms with Crippen LogP contribution in [0, 0.1) is 0 Å². The Morgan fingerprint density at radius 3 is 2.19 bits per heavy atom. The van der Waals surface area contributed by atoms with Crippen LogP contribution in [0.5, 0.6) is 0 Å². The van der Waals surface area contributed by atoms with Crippen molar-refractivity contribution in [2.75, 3.05) is 0 Å². The molecule has 0 bridgehead atoms. The van der Waals surface area contributed by atoms with Gasteiger partial charge in [-0.3, -0.25) is 0 Å². The molecule has 0 unspecified atom stereocenters. The number of hydrogen-bond donors (Lipinski definition) is 0. The van der Waals surface area contributed by atoms with E-state index < -0.39 is 3.79 Å². The summed E-state index contributed by atoms with van der Waals surface area (Å²) in [4.78, 5) is 0. The Morgan fingerprint density at radius 1 is 1.06 bits per heavy atom. The van der Waals surface area contributed by atoms with E-state index >= 15 is 0 Å². The fourth-order valence-electron chi connectivity index (χ4n) is 1.05. The lowest BCUT2D eigenvalue weighted by Gasteiger charge is -2.02. The van der Waals surface area contributed by atoms with Gasteiger partial charge in [-0.2, -0.15) is 0 Å².